The number of nitrogens with zero attached hydrogens (tertiary/aromatic N) is 1. The quantitative estimate of drug-likeness (QED) is 0.340. The monoisotopic (exact) mass is 434 g/mol. The minimum Gasteiger partial charge on any atom is -0.346 e. The van der Waals surface area contributed by atoms with Gasteiger partial charge in [-0.1, -0.05) is 67.1 Å². The van der Waals surface area contributed by atoms with E-state index >= 15 is 0 Å². The summed E-state index contributed by atoms with van der Waals surface area (Å²) in [5.74, 6) is -0.0486. The topological polar surface area (TPSA) is 34.0 Å². The molecular formula is C30H30N2O. The number of carbonyl (C=O) groups is 1. The zero-order valence-corrected chi connectivity index (χ0v) is 19.1. The van der Waals surface area contributed by atoms with E-state index in [9.17, 15) is 4.79 Å². The molecule has 0 radical (unpaired) electrons. The largest absolute Gasteiger partial charge is 0.346 e. The number of amides is 1. The molecule has 1 heterocycles. The molecule has 3 heteroatoms. The van der Waals surface area contributed by atoms with Crippen molar-refractivity contribution in [1.82, 2.24) is 9.88 Å². The first kappa shape index (κ1) is 21.3. The van der Waals surface area contributed by atoms with Gasteiger partial charge < -0.3 is 9.88 Å². The highest BCUT2D eigenvalue weighted by atomic mass is 16.1. The van der Waals surface area contributed by atoms with E-state index in [1.54, 1.807) is 0 Å². The number of carbonyl (C=O) groups excluding carboxylic acids is 1. The fraction of sp³-hybridized carbons (Fsp3) is 0.233. The molecule has 1 amide bonds. The summed E-state index contributed by atoms with van der Waals surface area (Å²) in [6.45, 7) is 2.02. The van der Waals surface area contributed by atoms with Crippen molar-refractivity contribution in [2.45, 2.75) is 45.1 Å². The van der Waals surface area contributed by atoms with Crippen LogP contribution in [0.2, 0.25) is 0 Å². The number of fused-ring (bicyclic) bond motifs is 1. The number of nitrogens with one attached hydrogen (secondary N) is 1. The van der Waals surface area contributed by atoms with Gasteiger partial charge in [-0.2, -0.15) is 0 Å². The van der Waals surface area contributed by atoms with Crippen molar-refractivity contribution in [3.05, 3.63) is 113 Å². The van der Waals surface area contributed by atoms with E-state index in [0.29, 0.717) is 5.56 Å². The van der Waals surface area contributed by atoms with Crippen molar-refractivity contribution in [1.29, 1.82) is 0 Å². The van der Waals surface area contributed by atoms with Gasteiger partial charge in [0, 0.05) is 16.9 Å². The SMILES string of the molecule is CC(NC(=O)c1ccc(-n2c(-c3ccccc3)cc3c2CCCCC3)cc1)c1ccccc1. The molecule has 1 aliphatic rings. The highest BCUT2D eigenvalue weighted by Gasteiger charge is 2.20. The molecule has 0 spiro atoms. The summed E-state index contributed by atoms with van der Waals surface area (Å²) < 4.78 is 2.41. The predicted molar refractivity (Wildman–Crippen MR) is 135 cm³/mol. The molecule has 1 aromatic heterocycles. The Kier molecular flexibility index (Phi) is 6.12. The van der Waals surface area contributed by atoms with Gasteiger partial charge in [-0.15, -0.1) is 0 Å². The van der Waals surface area contributed by atoms with Crippen molar-refractivity contribution in [2.24, 2.45) is 0 Å². The van der Waals surface area contributed by atoms with Gasteiger partial charge in [-0.25, -0.2) is 0 Å². The number of aryl methyl sites for hydroxylation is 1. The first-order chi connectivity index (χ1) is 16.2. The second-order valence-electron chi connectivity index (χ2n) is 8.92. The maximum Gasteiger partial charge on any atom is 0.251 e. The van der Waals surface area contributed by atoms with Crippen LogP contribution in [0.15, 0.2) is 91.0 Å². The molecule has 1 N–H and O–H groups in total. The van der Waals surface area contributed by atoms with Crippen molar-refractivity contribution >= 4 is 5.91 Å². The van der Waals surface area contributed by atoms with Gasteiger partial charge >= 0.3 is 0 Å². The van der Waals surface area contributed by atoms with Gasteiger partial charge in [0.15, 0.2) is 0 Å². The molecule has 0 aliphatic heterocycles. The summed E-state index contributed by atoms with van der Waals surface area (Å²) in [5, 5.41) is 3.12. The molecule has 0 saturated heterocycles. The maximum atomic E-state index is 12.9. The number of hydrogen-bond acceptors (Lipinski definition) is 1. The Hall–Kier alpha value is -3.59. The summed E-state index contributed by atoms with van der Waals surface area (Å²) in [5.41, 5.74) is 8.24. The third-order valence-corrected chi connectivity index (χ3v) is 6.66. The lowest BCUT2D eigenvalue weighted by Crippen LogP contribution is -2.26. The summed E-state index contributed by atoms with van der Waals surface area (Å²) in [6.07, 6.45) is 6.00. The zero-order valence-electron chi connectivity index (χ0n) is 19.1. The van der Waals surface area contributed by atoms with Gasteiger partial charge in [0.05, 0.1) is 11.7 Å². The molecule has 5 rings (SSSR count). The summed E-state index contributed by atoms with van der Waals surface area (Å²) in [7, 11) is 0. The number of benzene rings is 3. The number of hydrogen-bond donors (Lipinski definition) is 1. The lowest BCUT2D eigenvalue weighted by molar-refractivity contribution is 0.0940. The first-order valence-electron chi connectivity index (χ1n) is 12.0. The van der Waals surface area contributed by atoms with Gasteiger partial charge in [0.1, 0.15) is 0 Å². The molecule has 3 nitrogen and oxygen atoms in total. The van der Waals surface area contributed by atoms with Crippen molar-refractivity contribution in [2.75, 3.05) is 0 Å². The Balaban J connectivity index is 1.45. The van der Waals surface area contributed by atoms with Crippen LogP contribution in [-0.2, 0) is 12.8 Å². The standard InChI is InChI=1S/C30H30N2O/c1-22(23-11-5-2-6-12-23)31-30(33)25-17-19-27(20-18-25)32-28-16-10-4-9-15-26(28)21-29(32)24-13-7-3-8-14-24/h2-3,5-8,11-14,17-22H,4,9-10,15-16H2,1H3,(H,31,33). The van der Waals surface area contributed by atoms with E-state index < -0.39 is 0 Å². The smallest absolute Gasteiger partial charge is 0.251 e. The van der Waals surface area contributed by atoms with E-state index in [1.165, 1.54) is 41.8 Å². The fourth-order valence-corrected chi connectivity index (χ4v) is 4.86. The zero-order chi connectivity index (χ0) is 22.6. The summed E-state index contributed by atoms with van der Waals surface area (Å²) in [6, 6.07) is 31.1. The van der Waals surface area contributed by atoms with Crippen LogP contribution < -0.4 is 5.32 Å². The van der Waals surface area contributed by atoms with Gasteiger partial charge in [0.2, 0.25) is 0 Å². The van der Waals surface area contributed by atoms with Crippen LogP contribution in [0.25, 0.3) is 16.9 Å². The van der Waals surface area contributed by atoms with Crippen LogP contribution in [0.1, 0.15) is 59.4 Å². The van der Waals surface area contributed by atoms with Crippen LogP contribution >= 0.6 is 0 Å². The van der Waals surface area contributed by atoms with Gasteiger partial charge in [0.25, 0.3) is 5.91 Å². The highest BCUT2D eigenvalue weighted by molar-refractivity contribution is 5.94. The minimum atomic E-state index is -0.0486. The summed E-state index contributed by atoms with van der Waals surface area (Å²) >= 11 is 0. The highest BCUT2D eigenvalue weighted by Crippen LogP contribution is 2.33. The molecule has 1 unspecified atom stereocenters. The molecule has 1 aliphatic carbocycles. The van der Waals surface area contributed by atoms with Crippen molar-refractivity contribution < 1.29 is 4.79 Å². The van der Waals surface area contributed by atoms with Crippen LogP contribution in [-0.4, -0.2) is 10.5 Å². The third kappa shape index (κ3) is 4.49. The number of aromatic nitrogens is 1. The normalized spacial score (nSPS) is 14.2. The number of rotatable bonds is 5. The van der Waals surface area contributed by atoms with E-state index in [0.717, 1.165) is 24.1 Å². The van der Waals surface area contributed by atoms with E-state index in [1.807, 2.05) is 49.4 Å². The average Bonchev–Trinajstić information content (AvgIpc) is 3.07. The van der Waals surface area contributed by atoms with Crippen LogP contribution in [0, 0.1) is 0 Å². The molecule has 0 saturated carbocycles. The lowest BCUT2D eigenvalue weighted by atomic mass is 10.1. The molecule has 4 aromatic rings. The van der Waals surface area contributed by atoms with E-state index in [-0.39, 0.29) is 11.9 Å². The third-order valence-electron chi connectivity index (χ3n) is 6.66. The second-order valence-corrected chi connectivity index (χ2v) is 8.92. The fourth-order valence-electron chi connectivity index (χ4n) is 4.86. The molecule has 0 bridgehead atoms. The van der Waals surface area contributed by atoms with Crippen LogP contribution in [0.4, 0.5) is 0 Å². The lowest BCUT2D eigenvalue weighted by Gasteiger charge is -2.16. The Bertz CT molecular complexity index is 1220. The van der Waals surface area contributed by atoms with Gasteiger partial charge in [-0.3, -0.25) is 4.79 Å². The molecular weight excluding hydrogens is 404 g/mol. The van der Waals surface area contributed by atoms with Crippen LogP contribution in [0.5, 0.6) is 0 Å². The average molecular weight is 435 g/mol. The Morgan fingerprint density at radius 1 is 0.818 bits per heavy atom. The molecule has 166 valence electrons. The molecule has 0 fully saturated rings. The summed E-state index contributed by atoms with van der Waals surface area (Å²) in [4.78, 5) is 12.9. The first-order valence-corrected chi connectivity index (χ1v) is 12.0. The van der Waals surface area contributed by atoms with Crippen LogP contribution in [0.3, 0.4) is 0 Å². The molecule has 1 atom stereocenters. The van der Waals surface area contributed by atoms with Crippen molar-refractivity contribution in [3.8, 4) is 16.9 Å². The van der Waals surface area contributed by atoms with E-state index in [2.05, 4.69) is 58.4 Å². The van der Waals surface area contributed by atoms with E-state index in [4.69, 9.17) is 0 Å². The Morgan fingerprint density at radius 2 is 1.48 bits per heavy atom. The van der Waals surface area contributed by atoms with Crippen molar-refractivity contribution in [3.63, 3.8) is 0 Å². The van der Waals surface area contributed by atoms with Gasteiger partial charge in [-0.05, 0) is 79.6 Å². The Morgan fingerprint density at radius 3 is 2.21 bits per heavy atom. The maximum absolute atomic E-state index is 12.9. The second kappa shape index (κ2) is 9.50. The molecule has 3 aromatic carbocycles. The molecule has 33 heavy (non-hydrogen) atoms. The Labute approximate surface area is 196 Å². The predicted octanol–water partition coefficient (Wildman–Crippen LogP) is 6.90. The minimum absolute atomic E-state index is 0.0386.